The van der Waals surface area contributed by atoms with Crippen molar-refractivity contribution in [3.63, 3.8) is 0 Å². The molecule has 1 aliphatic carbocycles. The molecule has 0 spiro atoms. The number of hydrogen-bond donors (Lipinski definition) is 1. The van der Waals surface area contributed by atoms with Gasteiger partial charge in [0.25, 0.3) is 0 Å². The SMILES string of the molecule is CC(=O)NCc1nc(C2CCN(C(=O)C3CC(F)C3)CC2)n2ccccc12. The summed E-state index contributed by atoms with van der Waals surface area (Å²) in [6, 6.07) is 5.95. The topological polar surface area (TPSA) is 66.7 Å². The molecule has 1 saturated heterocycles. The van der Waals surface area contributed by atoms with Gasteiger partial charge >= 0.3 is 0 Å². The summed E-state index contributed by atoms with van der Waals surface area (Å²) in [6.07, 6.45) is 3.68. The summed E-state index contributed by atoms with van der Waals surface area (Å²) in [5.74, 6) is 1.18. The summed E-state index contributed by atoms with van der Waals surface area (Å²) < 4.78 is 15.1. The van der Waals surface area contributed by atoms with Crippen LogP contribution in [0.25, 0.3) is 5.52 Å². The van der Waals surface area contributed by atoms with Crippen LogP contribution in [0.4, 0.5) is 4.39 Å². The normalized spacial score (nSPS) is 23.3. The van der Waals surface area contributed by atoms with Crippen LogP contribution in [0.3, 0.4) is 0 Å². The summed E-state index contributed by atoms with van der Waals surface area (Å²) in [4.78, 5) is 30.4. The first kappa shape index (κ1) is 17.9. The second-order valence-corrected chi connectivity index (χ2v) is 7.65. The number of nitrogens with one attached hydrogen (secondary N) is 1. The van der Waals surface area contributed by atoms with Gasteiger partial charge in [-0.25, -0.2) is 9.37 Å². The molecular formula is C20H25FN4O2. The molecule has 1 N–H and O–H groups in total. The summed E-state index contributed by atoms with van der Waals surface area (Å²) in [5.41, 5.74) is 1.87. The molecule has 0 atom stereocenters. The first-order valence-electron chi connectivity index (χ1n) is 9.66. The third-order valence-electron chi connectivity index (χ3n) is 5.76. The fraction of sp³-hybridized carbons (Fsp3) is 0.550. The van der Waals surface area contributed by atoms with Gasteiger partial charge < -0.3 is 14.6 Å². The molecule has 0 bridgehead atoms. The van der Waals surface area contributed by atoms with Crippen LogP contribution in [0.15, 0.2) is 24.4 Å². The average Bonchev–Trinajstić information content (AvgIpc) is 3.02. The predicted molar refractivity (Wildman–Crippen MR) is 98.9 cm³/mol. The van der Waals surface area contributed by atoms with Crippen molar-refractivity contribution < 1.29 is 14.0 Å². The number of amides is 2. The van der Waals surface area contributed by atoms with Gasteiger partial charge in [-0.3, -0.25) is 9.59 Å². The second-order valence-electron chi connectivity index (χ2n) is 7.65. The molecule has 7 heteroatoms. The number of likely N-dealkylation sites (tertiary alicyclic amines) is 1. The Morgan fingerprint density at radius 2 is 2.00 bits per heavy atom. The van der Waals surface area contributed by atoms with Crippen LogP contribution >= 0.6 is 0 Å². The first-order chi connectivity index (χ1) is 13.0. The van der Waals surface area contributed by atoms with E-state index in [1.54, 1.807) is 0 Å². The van der Waals surface area contributed by atoms with Crippen molar-refractivity contribution in [1.29, 1.82) is 0 Å². The summed E-state index contributed by atoms with van der Waals surface area (Å²) >= 11 is 0. The third kappa shape index (κ3) is 3.55. The second kappa shape index (κ2) is 7.29. The van der Waals surface area contributed by atoms with Gasteiger partial charge in [0.05, 0.1) is 17.8 Å². The number of halogens is 1. The largest absolute Gasteiger partial charge is 0.351 e. The van der Waals surface area contributed by atoms with E-state index in [0.717, 1.165) is 29.9 Å². The van der Waals surface area contributed by atoms with Gasteiger partial charge in [0.2, 0.25) is 11.8 Å². The number of rotatable bonds is 4. The highest BCUT2D eigenvalue weighted by Gasteiger charge is 2.38. The number of alkyl halides is 1. The molecule has 6 nitrogen and oxygen atoms in total. The Kier molecular flexibility index (Phi) is 4.85. The van der Waals surface area contributed by atoms with Crippen molar-refractivity contribution in [2.45, 2.75) is 51.2 Å². The maximum Gasteiger partial charge on any atom is 0.225 e. The highest BCUT2D eigenvalue weighted by molar-refractivity contribution is 5.80. The molecule has 2 aliphatic rings. The Bertz CT molecular complexity index is 851. The number of aromatic nitrogens is 2. The van der Waals surface area contributed by atoms with Crippen molar-refractivity contribution in [1.82, 2.24) is 19.6 Å². The van der Waals surface area contributed by atoms with E-state index in [1.807, 2.05) is 29.3 Å². The Morgan fingerprint density at radius 3 is 2.67 bits per heavy atom. The Labute approximate surface area is 157 Å². The van der Waals surface area contributed by atoms with E-state index in [-0.39, 0.29) is 23.7 Å². The fourth-order valence-corrected chi connectivity index (χ4v) is 4.12. The van der Waals surface area contributed by atoms with Gasteiger partial charge in [0.15, 0.2) is 0 Å². The van der Waals surface area contributed by atoms with Crippen molar-refractivity contribution in [2.24, 2.45) is 5.92 Å². The maximum atomic E-state index is 13.0. The van der Waals surface area contributed by atoms with Crippen LogP contribution in [0, 0.1) is 5.92 Å². The fourth-order valence-electron chi connectivity index (χ4n) is 4.12. The average molecular weight is 372 g/mol. The Morgan fingerprint density at radius 1 is 1.26 bits per heavy atom. The van der Waals surface area contributed by atoms with Crippen LogP contribution in [0.5, 0.6) is 0 Å². The van der Waals surface area contributed by atoms with Crippen molar-refractivity contribution >= 4 is 17.3 Å². The van der Waals surface area contributed by atoms with E-state index in [1.165, 1.54) is 6.92 Å². The minimum atomic E-state index is -0.796. The molecule has 1 aliphatic heterocycles. The van der Waals surface area contributed by atoms with E-state index in [9.17, 15) is 14.0 Å². The van der Waals surface area contributed by atoms with Gasteiger partial charge in [-0.05, 0) is 37.8 Å². The molecule has 2 amide bonds. The van der Waals surface area contributed by atoms with Crippen LogP contribution in [0.1, 0.15) is 50.0 Å². The Hall–Kier alpha value is -2.44. The van der Waals surface area contributed by atoms with Crippen LogP contribution < -0.4 is 5.32 Å². The molecule has 0 aromatic carbocycles. The zero-order valence-corrected chi connectivity index (χ0v) is 15.5. The van der Waals surface area contributed by atoms with Crippen molar-refractivity contribution in [3.8, 4) is 0 Å². The molecule has 144 valence electrons. The molecule has 2 aromatic heterocycles. The molecular weight excluding hydrogens is 347 g/mol. The zero-order chi connectivity index (χ0) is 19.0. The number of carbonyl (C=O) groups is 2. The number of piperidine rings is 1. The highest BCUT2D eigenvalue weighted by atomic mass is 19.1. The maximum absolute atomic E-state index is 13.0. The van der Waals surface area contributed by atoms with Crippen molar-refractivity contribution in [3.05, 3.63) is 35.9 Å². The zero-order valence-electron chi connectivity index (χ0n) is 15.5. The lowest BCUT2D eigenvalue weighted by Crippen LogP contribution is -2.45. The standard InChI is InChI=1S/C20H25FN4O2/c1-13(26)22-12-17-18-4-2-3-7-25(18)19(23-17)14-5-8-24(9-6-14)20(27)15-10-16(21)11-15/h2-4,7,14-16H,5-6,8-12H2,1H3,(H,22,26). The van der Waals surface area contributed by atoms with Gasteiger partial charge in [-0.1, -0.05) is 6.07 Å². The van der Waals surface area contributed by atoms with Gasteiger partial charge in [-0.2, -0.15) is 0 Å². The highest BCUT2D eigenvalue weighted by Crippen LogP contribution is 2.34. The smallest absolute Gasteiger partial charge is 0.225 e. The lowest BCUT2D eigenvalue weighted by Gasteiger charge is -2.37. The Balaban J connectivity index is 1.47. The molecule has 2 aromatic rings. The predicted octanol–water partition coefficient (Wildman–Crippen LogP) is 2.42. The van der Waals surface area contributed by atoms with E-state index < -0.39 is 6.17 Å². The molecule has 0 unspecified atom stereocenters. The summed E-state index contributed by atoms with van der Waals surface area (Å²) in [6.45, 7) is 3.30. The van der Waals surface area contributed by atoms with E-state index in [2.05, 4.69) is 9.72 Å². The molecule has 2 fully saturated rings. The number of pyridine rings is 1. The minimum absolute atomic E-state index is 0.0769. The quantitative estimate of drug-likeness (QED) is 0.896. The monoisotopic (exact) mass is 372 g/mol. The van der Waals surface area contributed by atoms with Gasteiger partial charge in [-0.15, -0.1) is 0 Å². The molecule has 27 heavy (non-hydrogen) atoms. The summed E-state index contributed by atoms with van der Waals surface area (Å²) in [7, 11) is 0. The lowest BCUT2D eigenvalue weighted by atomic mass is 9.82. The molecule has 3 heterocycles. The lowest BCUT2D eigenvalue weighted by molar-refractivity contribution is -0.141. The number of carbonyl (C=O) groups excluding carboxylic acids is 2. The van der Waals surface area contributed by atoms with Crippen LogP contribution in [-0.2, 0) is 16.1 Å². The van der Waals surface area contributed by atoms with E-state index >= 15 is 0 Å². The summed E-state index contributed by atoms with van der Waals surface area (Å²) in [5, 5.41) is 2.82. The minimum Gasteiger partial charge on any atom is -0.351 e. The van der Waals surface area contributed by atoms with E-state index in [0.29, 0.717) is 32.5 Å². The number of fused-ring (bicyclic) bond motifs is 1. The van der Waals surface area contributed by atoms with Gasteiger partial charge in [0.1, 0.15) is 12.0 Å². The molecule has 1 saturated carbocycles. The number of hydrogen-bond acceptors (Lipinski definition) is 3. The number of imidazole rings is 1. The van der Waals surface area contributed by atoms with Crippen molar-refractivity contribution in [2.75, 3.05) is 13.1 Å². The molecule has 0 radical (unpaired) electrons. The number of nitrogens with zero attached hydrogens (tertiary/aromatic N) is 3. The van der Waals surface area contributed by atoms with Gasteiger partial charge in [0, 0.05) is 38.0 Å². The molecule has 4 rings (SSSR count). The van der Waals surface area contributed by atoms with E-state index in [4.69, 9.17) is 4.98 Å². The third-order valence-corrected chi connectivity index (χ3v) is 5.76. The first-order valence-corrected chi connectivity index (χ1v) is 9.66. The van der Waals surface area contributed by atoms with Crippen LogP contribution in [-0.4, -0.2) is 45.4 Å². The van der Waals surface area contributed by atoms with Crippen LogP contribution in [0.2, 0.25) is 0 Å².